The Hall–Kier alpha value is -1.89. The highest BCUT2D eigenvalue weighted by Gasteiger charge is 2.53. The number of methoxy groups -OCH3 is 1. The van der Waals surface area contributed by atoms with Crippen LogP contribution in [0.25, 0.3) is 0 Å². The molecule has 0 aliphatic heterocycles. The van der Waals surface area contributed by atoms with Crippen molar-refractivity contribution < 1.29 is 33.7 Å². The number of carbonyl (C=O) groups excluding carboxylic acids is 3. The number of aliphatic hydroxyl groups is 1. The van der Waals surface area contributed by atoms with Gasteiger partial charge in [-0.2, -0.15) is 0 Å². The first kappa shape index (κ1) is 26.4. The smallest absolute Gasteiger partial charge is 0.312 e. The first-order chi connectivity index (χ1) is 14.8. The van der Waals surface area contributed by atoms with Gasteiger partial charge < -0.3 is 19.3 Å². The lowest BCUT2D eigenvalue weighted by Crippen LogP contribution is -2.50. The third-order valence-electron chi connectivity index (χ3n) is 8.05. The number of esters is 3. The minimum absolute atomic E-state index is 0.111. The van der Waals surface area contributed by atoms with E-state index < -0.39 is 29.1 Å². The maximum Gasteiger partial charge on any atom is 0.312 e. The van der Waals surface area contributed by atoms with Gasteiger partial charge in [-0.05, 0) is 69.6 Å². The monoisotopic (exact) mass is 452 g/mol. The van der Waals surface area contributed by atoms with Crippen molar-refractivity contribution in [3.63, 3.8) is 0 Å². The fourth-order valence-electron chi connectivity index (χ4n) is 5.59. The summed E-state index contributed by atoms with van der Waals surface area (Å²) in [5.41, 5.74) is -0.865. The third-order valence-corrected chi connectivity index (χ3v) is 8.05. The Labute approximate surface area is 191 Å². The Bertz CT molecular complexity index is 755. The second-order valence-corrected chi connectivity index (χ2v) is 10.3. The van der Waals surface area contributed by atoms with Gasteiger partial charge in [0.15, 0.2) is 6.10 Å². The van der Waals surface area contributed by atoms with Crippen molar-refractivity contribution in [1.82, 2.24) is 0 Å². The average Bonchev–Trinajstić information content (AvgIpc) is 2.71. The zero-order chi connectivity index (χ0) is 24.3. The summed E-state index contributed by atoms with van der Waals surface area (Å²) in [7, 11) is 1.45. The molecule has 32 heavy (non-hydrogen) atoms. The van der Waals surface area contributed by atoms with Gasteiger partial charge in [0.2, 0.25) is 0 Å². The Kier molecular flexibility index (Phi) is 8.19. The van der Waals surface area contributed by atoms with E-state index in [1.165, 1.54) is 26.5 Å². The highest BCUT2D eigenvalue weighted by Crippen LogP contribution is 2.58. The number of hydrogen-bond acceptors (Lipinski definition) is 7. The fourth-order valence-corrected chi connectivity index (χ4v) is 5.59. The van der Waals surface area contributed by atoms with Crippen LogP contribution in [-0.2, 0) is 28.6 Å². The Morgan fingerprint density at radius 1 is 1.22 bits per heavy atom. The SMILES string of the molecule is COC(=O)[C@@]1(C)CCC=C2[C@H]1CC[C@@H](C)[C@]2(C)CC[C@@](C)(O)[C@H](COC(C)=O)OC(C)=O. The van der Waals surface area contributed by atoms with Crippen LogP contribution >= 0.6 is 0 Å². The molecule has 0 radical (unpaired) electrons. The lowest BCUT2D eigenvalue weighted by Gasteiger charge is -2.53. The van der Waals surface area contributed by atoms with E-state index in [0.717, 1.165) is 25.7 Å². The summed E-state index contributed by atoms with van der Waals surface area (Å²) < 4.78 is 15.5. The van der Waals surface area contributed by atoms with Crippen LogP contribution < -0.4 is 0 Å². The van der Waals surface area contributed by atoms with Gasteiger partial charge in [0.25, 0.3) is 0 Å². The maximum atomic E-state index is 12.7. The molecule has 0 aromatic heterocycles. The molecule has 0 spiro atoms. The molecular weight excluding hydrogens is 412 g/mol. The zero-order valence-electron chi connectivity index (χ0n) is 20.7. The van der Waals surface area contributed by atoms with Gasteiger partial charge >= 0.3 is 17.9 Å². The molecule has 0 amide bonds. The summed E-state index contributed by atoms with van der Waals surface area (Å²) in [5, 5.41) is 11.2. The molecule has 1 fully saturated rings. The Balaban J connectivity index is 2.26. The van der Waals surface area contributed by atoms with Gasteiger partial charge in [-0.25, -0.2) is 0 Å². The lowest BCUT2D eigenvalue weighted by molar-refractivity contribution is -0.175. The molecule has 7 nitrogen and oxygen atoms in total. The molecule has 0 unspecified atom stereocenters. The molecule has 0 aromatic rings. The summed E-state index contributed by atoms with van der Waals surface area (Å²) in [5.74, 6) is -0.721. The van der Waals surface area contributed by atoms with Crippen LogP contribution in [0.5, 0.6) is 0 Å². The Morgan fingerprint density at radius 2 is 1.88 bits per heavy atom. The molecule has 7 heteroatoms. The maximum absolute atomic E-state index is 12.7. The van der Waals surface area contributed by atoms with Crippen molar-refractivity contribution in [3.05, 3.63) is 11.6 Å². The minimum atomic E-state index is -1.38. The topological polar surface area (TPSA) is 99.1 Å². The fraction of sp³-hybridized carbons (Fsp3) is 0.800. The van der Waals surface area contributed by atoms with Crippen molar-refractivity contribution in [1.29, 1.82) is 0 Å². The molecule has 2 aliphatic carbocycles. The summed E-state index contributed by atoms with van der Waals surface area (Å²) in [6.07, 6.45) is 5.84. The molecule has 0 aromatic carbocycles. The van der Waals surface area contributed by atoms with Crippen LogP contribution in [0.15, 0.2) is 11.6 Å². The van der Waals surface area contributed by atoms with E-state index in [1.54, 1.807) is 6.92 Å². The number of fused-ring (bicyclic) bond motifs is 1. The van der Waals surface area contributed by atoms with Crippen molar-refractivity contribution in [2.45, 2.75) is 91.8 Å². The van der Waals surface area contributed by atoms with Crippen LogP contribution in [0.1, 0.15) is 80.1 Å². The number of ether oxygens (including phenoxy) is 3. The van der Waals surface area contributed by atoms with Crippen molar-refractivity contribution in [3.8, 4) is 0 Å². The van der Waals surface area contributed by atoms with Gasteiger partial charge in [-0.15, -0.1) is 0 Å². The molecule has 182 valence electrons. The minimum Gasteiger partial charge on any atom is -0.469 e. The van der Waals surface area contributed by atoms with Gasteiger partial charge in [0.05, 0.1) is 12.5 Å². The van der Waals surface area contributed by atoms with E-state index in [2.05, 4.69) is 19.9 Å². The van der Waals surface area contributed by atoms with Crippen LogP contribution in [0.3, 0.4) is 0 Å². The highest BCUT2D eigenvalue weighted by atomic mass is 16.6. The molecule has 0 saturated heterocycles. The molecule has 2 rings (SSSR count). The van der Waals surface area contributed by atoms with E-state index >= 15 is 0 Å². The molecule has 2 aliphatic rings. The van der Waals surface area contributed by atoms with Crippen LogP contribution in [-0.4, -0.2) is 48.4 Å². The van der Waals surface area contributed by atoms with E-state index in [1.807, 2.05) is 6.92 Å². The van der Waals surface area contributed by atoms with Gasteiger partial charge in [-0.1, -0.05) is 25.5 Å². The normalized spacial score (nSPS) is 32.6. The van der Waals surface area contributed by atoms with Gasteiger partial charge in [-0.3, -0.25) is 14.4 Å². The largest absolute Gasteiger partial charge is 0.469 e. The number of carbonyl (C=O) groups is 3. The van der Waals surface area contributed by atoms with E-state index in [9.17, 15) is 19.5 Å². The molecule has 6 atom stereocenters. The molecule has 0 bridgehead atoms. The first-order valence-electron chi connectivity index (χ1n) is 11.6. The van der Waals surface area contributed by atoms with Crippen LogP contribution in [0.2, 0.25) is 0 Å². The number of hydrogen-bond donors (Lipinski definition) is 1. The first-order valence-corrected chi connectivity index (χ1v) is 11.6. The molecule has 1 saturated carbocycles. The molecule has 0 heterocycles. The van der Waals surface area contributed by atoms with Crippen LogP contribution in [0.4, 0.5) is 0 Å². The molecule has 1 N–H and O–H groups in total. The van der Waals surface area contributed by atoms with E-state index in [-0.39, 0.29) is 23.9 Å². The van der Waals surface area contributed by atoms with Crippen molar-refractivity contribution in [2.75, 3.05) is 13.7 Å². The summed E-state index contributed by atoms with van der Waals surface area (Å²) in [6, 6.07) is 0. The number of rotatable bonds is 8. The van der Waals surface area contributed by atoms with Crippen LogP contribution in [0, 0.1) is 22.7 Å². The summed E-state index contributed by atoms with van der Waals surface area (Å²) in [6.45, 7) is 10.4. The standard InChI is InChI=1S/C25H40O7/c1-16-10-11-20-19(9-8-12-24(20,5)22(28)30-7)23(16,4)13-14-25(6,29)21(32-18(3)27)15-31-17(2)26/h9,16,20-21,29H,8,10-15H2,1-7H3/t16-,20-,21+,23+,24+,25-/m1/s1. The van der Waals surface area contributed by atoms with Crippen molar-refractivity contribution in [2.24, 2.45) is 22.7 Å². The number of allylic oxidation sites excluding steroid dienone is 2. The lowest BCUT2D eigenvalue weighted by atomic mass is 9.51. The average molecular weight is 453 g/mol. The molecular formula is C25H40O7. The highest BCUT2D eigenvalue weighted by molar-refractivity contribution is 5.77. The van der Waals surface area contributed by atoms with Crippen molar-refractivity contribution >= 4 is 17.9 Å². The van der Waals surface area contributed by atoms with Gasteiger partial charge in [0, 0.05) is 13.8 Å². The quantitative estimate of drug-likeness (QED) is 0.338. The summed E-state index contributed by atoms with van der Waals surface area (Å²) in [4.78, 5) is 35.6. The third kappa shape index (κ3) is 5.36. The Morgan fingerprint density at radius 3 is 2.44 bits per heavy atom. The zero-order valence-corrected chi connectivity index (χ0v) is 20.7. The van der Waals surface area contributed by atoms with Gasteiger partial charge in [0.1, 0.15) is 12.2 Å². The van der Waals surface area contributed by atoms with E-state index in [0.29, 0.717) is 18.8 Å². The second-order valence-electron chi connectivity index (χ2n) is 10.3. The predicted molar refractivity (Wildman–Crippen MR) is 119 cm³/mol. The second kappa shape index (κ2) is 9.94. The van der Waals surface area contributed by atoms with E-state index in [4.69, 9.17) is 14.2 Å². The summed E-state index contributed by atoms with van der Waals surface area (Å²) >= 11 is 0. The predicted octanol–water partition coefficient (Wildman–Crippen LogP) is 3.96.